The van der Waals surface area contributed by atoms with Gasteiger partial charge in [0.25, 0.3) is 0 Å². The highest BCUT2D eigenvalue weighted by Gasteiger charge is 2.34. The Hall–Kier alpha value is -2.82. The number of hydrogen-bond acceptors (Lipinski definition) is 3. The minimum Gasteiger partial charge on any atom is -0.497 e. The molecule has 0 aromatic heterocycles. The third-order valence-electron chi connectivity index (χ3n) is 4.78. The van der Waals surface area contributed by atoms with E-state index in [1.807, 2.05) is 55.5 Å². The quantitative estimate of drug-likeness (QED) is 0.900. The number of methoxy groups -OCH3 is 1. The van der Waals surface area contributed by atoms with Crippen molar-refractivity contribution in [1.29, 1.82) is 0 Å². The second-order valence-corrected chi connectivity index (χ2v) is 6.36. The molecule has 0 saturated heterocycles. The largest absolute Gasteiger partial charge is 0.497 e. The molecule has 5 nitrogen and oxygen atoms in total. The maximum atomic E-state index is 13.0. The van der Waals surface area contributed by atoms with Gasteiger partial charge in [0.05, 0.1) is 7.11 Å². The number of hydrogen-bond donors (Lipinski definition) is 1. The van der Waals surface area contributed by atoms with Crippen LogP contribution in [0.25, 0.3) is 0 Å². The Morgan fingerprint density at radius 1 is 1.15 bits per heavy atom. The summed E-state index contributed by atoms with van der Waals surface area (Å²) in [6, 6.07) is 14.9. The molecule has 1 aliphatic heterocycles. The maximum Gasteiger partial charge on any atom is 0.247 e. The Balaban J connectivity index is 1.78. The molecule has 0 aliphatic carbocycles. The predicted molar refractivity (Wildman–Crippen MR) is 99.7 cm³/mol. The third-order valence-corrected chi connectivity index (χ3v) is 4.78. The molecule has 5 heteroatoms. The number of nitrogens with one attached hydrogen (secondary N) is 1. The van der Waals surface area contributed by atoms with Crippen LogP contribution in [0.1, 0.15) is 36.1 Å². The summed E-state index contributed by atoms with van der Waals surface area (Å²) in [5.41, 5.74) is 3.04. The van der Waals surface area contributed by atoms with Crippen LogP contribution in [-0.2, 0) is 22.6 Å². The predicted octanol–water partition coefficient (Wildman–Crippen LogP) is 2.85. The first-order valence-electron chi connectivity index (χ1n) is 8.92. The van der Waals surface area contributed by atoms with E-state index in [2.05, 4.69) is 5.32 Å². The molecule has 1 N–H and O–H groups in total. The van der Waals surface area contributed by atoms with Crippen LogP contribution in [-0.4, -0.2) is 30.4 Å². The fourth-order valence-corrected chi connectivity index (χ4v) is 3.35. The second kappa shape index (κ2) is 8.04. The molecular formula is C21H24N2O3. The van der Waals surface area contributed by atoms with Gasteiger partial charge in [0.15, 0.2) is 0 Å². The number of carbonyl (C=O) groups excluding carboxylic acids is 2. The molecule has 0 spiro atoms. The Morgan fingerprint density at radius 3 is 2.58 bits per heavy atom. The standard InChI is InChI=1S/C21H24N2O3/c1-3-19(24)23-13-12-16-6-4-5-7-18(16)20(23)21(25)22-14-15-8-10-17(26-2)11-9-15/h4-11,20H,3,12-14H2,1-2H3,(H,22,25). The van der Waals surface area contributed by atoms with Crippen LogP contribution in [0.15, 0.2) is 48.5 Å². The normalized spacial score (nSPS) is 15.9. The maximum absolute atomic E-state index is 13.0. The molecule has 0 fully saturated rings. The lowest BCUT2D eigenvalue weighted by molar-refractivity contribution is -0.141. The number of benzene rings is 2. The summed E-state index contributed by atoms with van der Waals surface area (Å²) < 4.78 is 5.15. The molecule has 3 rings (SSSR count). The summed E-state index contributed by atoms with van der Waals surface area (Å²) in [7, 11) is 1.62. The fraction of sp³-hybridized carbons (Fsp3) is 0.333. The van der Waals surface area contributed by atoms with Crippen molar-refractivity contribution in [2.75, 3.05) is 13.7 Å². The molecule has 136 valence electrons. The van der Waals surface area contributed by atoms with Gasteiger partial charge in [0.2, 0.25) is 11.8 Å². The van der Waals surface area contributed by atoms with Crippen molar-refractivity contribution in [2.45, 2.75) is 32.4 Å². The van der Waals surface area contributed by atoms with E-state index in [0.29, 0.717) is 19.5 Å². The van der Waals surface area contributed by atoms with Gasteiger partial charge in [0.1, 0.15) is 11.8 Å². The van der Waals surface area contributed by atoms with Crippen LogP contribution in [0.3, 0.4) is 0 Å². The number of ether oxygens (including phenoxy) is 1. The third kappa shape index (κ3) is 3.72. The van der Waals surface area contributed by atoms with Crippen LogP contribution in [0.2, 0.25) is 0 Å². The van der Waals surface area contributed by atoms with E-state index in [4.69, 9.17) is 4.74 Å². The molecule has 1 heterocycles. The molecule has 2 aromatic carbocycles. The summed E-state index contributed by atoms with van der Waals surface area (Å²) in [6.07, 6.45) is 1.18. The number of rotatable bonds is 5. The van der Waals surface area contributed by atoms with E-state index in [1.54, 1.807) is 12.0 Å². The second-order valence-electron chi connectivity index (χ2n) is 6.36. The highest BCUT2D eigenvalue weighted by molar-refractivity contribution is 5.89. The van der Waals surface area contributed by atoms with Crippen LogP contribution >= 0.6 is 0 Å². The van der Waals surface area contributed by atoms with E-state index in [9.17, 15) is 9.59 Å². The van der Waals surface area contributed by atoms with Crippen molar-refractivity contribution < 1.29 is 14.3 Å². The molecule has 0 radical (unpaired) electrons. The molecule has 2 amide bonds. The van der Waals surface area contributed by atoms with Gasteiger partial charge in [-0.2, -0.15) is 0 Å². The molecule has 0 saturated carbocycles. The molecule has 1 aliphatic rings. The lowest BCUT2D eigenvalue weighted by Gasteiger charge is -2.36. The minimum atomic E-state index is -0.564. The van der Waals surface area contributed by atoms with Gasteiger partial charge in [-0.3, -0.25) is 9.59 Å². The molecule has 1 atom stereocenters. The van der Waals surface area contributed by atoms with Crippen LogP contribution < -0.4 is 10.1 Å². The zero-order chi connectivity index (χ0) is 18.5. The summed E-state index contributed by atoms with van der Waals surface area (Å²) in [4.78, 5) is 27.0. The zero-order valence-electron chi connectivity index (χ0n) is 15.2. The average Bonchev–Trinajstić information content (AvgIpc) is 2.70. The minimum absolute atomic E-state index is 0.00380. The Bertz CT molecular complexity index is 786. The Labute approximate surface area is 154 Å². The molecule has 26 heavy (non-hydrogen) atoms. The highest BCUT2D eigenvalue weighted by Crippen LogP contribution is 2.30. The van der Waals surface area contributed by atoms with Gasteiger partial charge in [-0.15, -0.1) is 0 Å². The van der Waals surface area contributed by atoms with Gasteiger partial charge in [-0.25, -0.2) is 0 Å². The summed E-state index contributed by atoms with van der Waals surface area (Å²) >= 11 is 0. The first-order valence-corrected chi connectivity index (χ1v) is 8.92. The van der Waals surface area contributed by atoms with Crippen molar-refractivity contribution in [3.05, 3.63) is 65.2 Å². The first-order chi connectivity index (χ1) is 12.6. The van der Waals surface area contributed by atoms with E-state index in [-0.39, 0.29) is 11.8 Å². The Morgan fingerprint density at radius 2 is 1.88 bits per heavy atom. The van der Waals surface area contributed by atoms with Gasteiger partial charge >= 0.3 is 0 Å². The number of fused-ring (bicyclic) bond motifs is 1. The first kappa shape index (κ1) is 18.0. The monoisotopic (exact) mass is 352 g/mol. The highest BCUT2D eigenvalue weighted by atomic mass is 16.5. The van der Waals surface area contributed by atoms with Crippen molar-refractivity contribution in [3.63, 3.8) is 0 Å². The van der Waals surface area contributed by atoms with Crippen molar-refractivity contribution in [2.24, 2.45) is 0 Å². The van der Waals surface area contributed by atoms with Crippen LogP contribution in [0, 0.1) is 0 Å². The zero-order valence-corrected chi connectivity index (χ0v) is 15.2. The fourth-order valence-electron chi connectivity index (χ4n) is 3.35. The SMILES string of the molecule is CCC(=O)N1CCc2ccccc2C1C(=O)NCc1ccc(OC)cc1. The van der Waals surface area contributed by atoms with E-state index in [1.165, 1.54) is 0 Å². The van der Waals surface area contributed by atoms with Gasteiger partial charge in [0, 0.05) is 19.5 Å². The molecule has 1 unspecified atom stereocenters. The topological polar surface area (TPSA) is 58.6 Å². The molecule has 0 bridgehead atoms. The van der Waals surface area contributed by atoms with E-state index >= 15 is 0 Å². The van der Waals surface area contributed by atoms with Gasteiger partial charge in [-0.1, -0.05) is 43.3 Å². The summed E-state index contributed by atoms with van der Waals surface area (Å²) in [6.45, 7) is 2.81. The van der Waals surface area contributed by atoms with Crippen molar-refractivity contribution >= 4 is 11.8 Å². The van der Waals surface area contributed by atoms with Gasteiger partial charge < -0.3 is 15.0 Å². The van der Waals surface area contributed by atoms with Crippen LogP contribution in [0.5, 0.6) is 5.75 Å². The van der Waals surface area contributed by atoms with Crippen molar-refractivity contribution in [3.8, 4) is 5.75 Å². The summed E-state index contributed by atoms with van der Waals surface area (Å²) in [5.74, 6) is 0.639. The van der Waals surface area contributed by atoms with Crippen molar-refractivity contribution in [1.82, 2.24) is 10.2 Å². The summed E-state index contributed by atoms with van der Waals surface area (Å²) in [5, 5.41) is 2.98. The molecular weight excluding hydrogens is 328 g/mol. The van der Waals surface area contributed by atoms with E-state index in [0.717, 1.165) is 28.9 Å². The lowest BCUT2D eigenvalue weighted by atomic mass is 9.91. The van der Waals surface area contributed by atoms with E-state index < -0.39 is 6.04 Å². The van der Waals surface area contributed by atoms with Crippen LogP contribution in [0.4, 0.5) is 0 Å². The number of carbonyl (C=O) groups is 2. The lowest BCUT2D eigenvalue weighted by Crippen LogP contribution is -2.46. The number of amides is 2. The van der Waals surface area contributed by atoms with Gasteiger partial charge in [-0.05, 0) is 35.2 Å². The Kier molecular flexibility index (Phi) is 5.56. The molecule has 2 aromatic rings. The number of nitrogens with zero attached hydrogens (tertiary/aromatic N) is 1. The smallest absolute Gasteiger partial charge is 0.247 e. The average molecular weight is 352 g/mol.